The van der Waals surface area contributed by atoms with Crippen LogP contribution in [0.3, 0.4) is 0 Å². The van der Waals surface area contributed by atoms with E-state index in [0.29, 0.717) is 0 Å². The van der Waals surface area contributed by atoms with E-state index in [-0.39, 0.29) is 0 Å². The van der Waals surface area contributed by atoms with Crippen molar-refractivity contribution in [2.24, 2.45) is 0 Å². The van der Waals surface area contributed by atoms with Crippen LogP contribution in [0.5, 0.6) is 0 Å². The van der Waals surface area contributed by atoms with Crippen LogP contribution in [0.4, 0.5) is 0 Å². The molecule has 0 aliphatic carbocycles. The van der Waals surface area contributed by atoms with E-state index in [1.165, 1.54) is 14.2 Å². The molecule has 0 amide bonds. The molecular formula is C14H26O9. The summed E-state index contributed by atoms with van der Waals surface area (Å²) in [6, 6.07) is 0. The fourth-order valence-corrected chi connectivity index (χ4v) is 2.99. The minimum absolute atomic E-state index is 0.531. The molecule has 0 saturated carbocycles. The first-order valence-corrected chi connectivity index (χ1v) is 7.56. The van der Waals surface area contributed by atoms with Gasteiger partial charge in [0.1, 0.15) is 36.6 Å². The number of ether oxygens (including phenoxy) is 5. The van der Waals surface area contributed by atoms with Gasteiger partial charge in [0.15, 0.2) is 12.6 Å². The van der Waals surface area contributed by atoms with Crippen molar-refractivity contribution < 1.29 is 44.1 Å². The highest BCUT2D eigenvalue weighted by Crippen LogP contribution is 2.29. The van der Waals surface area contributed by atoms with Crippen molar-refractivity contribution in [3.05, 3.63) is 0 Å². The van der Waals surface area contributed by atoms with Gasteiger partial charge < -0.3 is 44.1 Å². The zero-order valence-electron chi connectivity index (χ0n) is 13.6. The van der Waals surface area contributed by atoms with Gasteiger partial charge in [-0.15, -0.1) is 0 Å². The number of hydrogen-bond donors (Lipinski definition) is 4. The maximum absolute atomic E-state index is 10.2. The van der Waals surface area contributed by atoms with E-state index in [1.54, 1.807) is 13.8 Å². The zero-order valence-corrected chi connectivity index (χ0v) is 13.6. The maximum Gasteiger partial charge on any atom is 0.187 e. The third-order valence-electron chi connectivity index (χ3n) is 4.35. The molecule has 4 N–H and O–H groups in total. The summed E-state index contributed by atoms with van der Waals surface area (Å²) in [6.07, 6.45) is -10.2. The number of rotatable bonds is 4. The van der Waals surface area contributed by atoms with Gasteiger partial charge in [0.2, 0.25) is 0 Å². The van der Waals surface area contributed by atoms with Crippen LogP contribution in [0.15, 0.2) is 0 Å². The Morgan fingerprint density at radius 2 is 1.13 bits per heavy atom. The fraction of sp³-hybridized carbons (Fsp3) is 1.00. The Bertz CT molecular complexity index is 381. The second-order valence-electron chi connectivity index (χ2n) is 5.92. The lowest BCUT2D eigenvalue weighted by atomic mass is 9.97. The lowest BCUT2D eigenvalue weighted by Crippen LogP contribution is -2.63. The summed E-state index contributed by atoms with van der Waals surface area (Å²) in [5, 5.41) is 40.4. The summed E-state index contributed by atoms with van der Waals surface area (Å²) in [7, 11) is 2.76. The lowest BCUT2D eigenvalue weighted by Gasteiger charge is -2.45. The van der Waals surface area contributed by atoms with E-state index in [2.05, 4.69) is 0 Å². The Hall–Kier alpha value is -0.360. The van der Waals surface area contributed by atoms with Crippen molar-refractivity contribution in [2.45, 2.75) is 75.3 Å². The van der Waals surface area contributed by atoms with E-state index in [0.717, 1.165) is 0 Å². The van der Waals surface area contributed by atoms with E-state index < -0.39 is 61.4 Å². The molecule has 23 heavy (non-hydrogen) atoms. The molecule has 10 unspecified atom stereocenters. The molecule has 0 aromatic rings. The molecule has 2 saturated heterocycles. The van der Waals surface area contributed by atoms with E-state index in [9.17, 15) is 20.4 Å². The highest BCUT2D eigenvalue weighted by molar-refractivity contribution is 4.92. The van der Waals surface area contributed by atoms with Crippen LogP contribution in [-0.2, 0) is 23.7 Å². The second-order valence-corrected chi connectivity index (χ2v) is 5.92. The van der Waals surface area contributed by atoms with Crippen molar-refractivity contribution >= 4 is 0 Å². The molecule has 2 heterocycles. The highest BCUT2D eigenvalue weighted by Gasteiger charge is 2.49. The molecule has 9 heteroatoms. The number of hydrogen-bond acceptors (Lipinski definition) is 9. The van der Waals surface area contributed by atoms with Gasteiger partial charge in [0, 0.05) is 14.2 Å². The van der Waals surface area contributed by atoms with Crippen molar-refractivity contribution in [3.63, 3.8) is 0 Å². The predicted octanol–water partition coefficient (Wildman–Crippen LogP) is -2.03. The van der Waals surface area contributed by atoms with Gasteiger partial charge in [-0.2, -0.15) is 0 Å². The third kappa shape index (κ3) is 3.68. The molecule has 0 bridgehead atoms. The highest BCUT2D eigenvalue weighted by atomic mass is 16.7. The van der Waals surface area contributed by atoms with Crippen molar-refractivity contribution in [1.82, 2.24) is 0 Å². The molecule has 10 atom stereocenters. The molecule has 2 aliphatic rings. The summed E-state index contributed by atoms with van der Waals surface area (Å²) in [6.45, 7) is 3.31. The van der Waals surface area contributed by atoms with Gasteiger partial charge in [0.05, 0.1) is 12.2 Å². The Morgan fingerprint density at radius 3 is 1.70 bits per heavy atom. The molecule has 2 aliphatic heterocycles. The molecule has 0 aromatic heterocycles. The van der Waals surface area contributed by atoms with E-state index in [1.807, 2.05) is 0 Å². The summed E-state index contributed by atoms with van der Waals surface area (Å²) in [5.41, 5.74) is 0. The second kappa shape index (κ2) is 7.68. The predicted molar refractivity (Wildman–Crippen MR) is 75.4 cm³/mol. The zero-order chi connectivity index (χ0) is 17.3. The van der Waals surface area contributed by atoms with E-state index in [4.69, 9.17) is 23.7 Å². The Kier molecular flexibility index (Phi) is 6.34. The fourth-order valence-electron chi connectivity index (χ4n) is 2.99. The number of methoxy groups -OCH3 is 2. The van der Waals surface area contributed by atoms with Crippen molar-refractivity contribution in [1.29, 1.82) is 0 Å². The molecule has 136 valence electrons. The quantitative estimate of drug-likeness (QED) is 0.459. The van der Waals surface area contributed by atoms with Gasteiger partial charge in [-0.3, -0.25) is 0 Å². The van der Waals surface area contributed by atoms with Gasteiger partial charge in [0.25, 0.3) is 0 Å². The number of aliphatic hydroxyl groups is 4. The van der Waals surface area contributed by atoms with Gasteiger partial charge in [-0.1, -0.05) is 0 Å². The standard InChI is InChI=1S/C14H26O9/c1-5-11(19-3)7(15)10(18)14(22-5)23-12-6(2)21-13(20-4)9(17)8(12)16/h5-18H,1-4H3. The van der Waals surface area contributed by atoms with Gasteiger partial charge in [-0.05, 0) is 13.8 Å². The third-order valence-corrected chi connectivity index (χ3v) is 4.35. The Balaban J connectivity index is 2.06. The molecule has 0 aromatic carbocycles. The topological polar surface area (TPSA) is 127 Å². The van der Waals surface area contributed by atoms with Crippen molar-refractivity contribution in [3.8, 4) is 0 Å². The summed E-state index contributed by atoms with van der Waals surface area (Å²) < 4.78 is 26.6. The molecule has 0 spiro atoms. The minimum Gasteiger partial charge on any atom is -0.387 e. The monoisotopic (exact) mass is 338 g/mol. The van der Waals surface area contributed by atoms with Crippen LogP contribution >= 0.6 is 0 Å². The molecule has 0 radical (unpaired) electrons. The molecule has 2 fully saturated rings. The maximum atomic E-state index is 10.2. The molecule has 2 rings (SSSR count). The first-order valence-electron chi connectivity index (χ1n) is 7.56. The van der Waals surface area contributed by atoms with Crippen LogP contribution < -0.4 is 0 Å². The summed E-state index contributed by atoms with van der Waals surface area (Å²) >= 11 is 0. The van der Waals surface area contributed by atoms with Crippen molar-refractivity contribution in [2.75, 3.05) is 14.2 Å². The largest absolute Gasteiger partial charge is 0.387 e. The first-order chi connectivity index (χ1) is 10.8. The average molecular weight is 338 g/mol. The van der Waals surface area contributed by atoms with Crippen LogP contribution in [0.25, 0.3) is 0 Å². The number of aliphatic hydroxyl groups excluding tert-OH is 4. The van der Waals surface area contributed by atoms with Gasteiger partial charge >= 0.3 is 0 Å². The summed E-state index contributed by atoms with van der Waals surface area (Å²) in [4.78, 5) is 0. The average Bonchev–Trinajstić information content (AvgIpc) is 2.52. The Morgan fingerprint density at radius 1 is 0.652 bits per heavy atom. The first kappa shape index (κ1) is 19.0. The van der Waals surface area contributed by atoms with Crippen LogP contribution in [0.1, 0.15) is 13.8 Å². The normalized spacial score (nSPS) is 51.7. The SMILES string of the molecule is COC1OC(C)C(OC2OC(C)C(OC)C(O)C2O)C(O)C1O. The smallest absolute Gasteiger partial charge is 0.187 e. The molecular weight excluding hydrogens is 312 g/mol. The Labute approximate surface area is 134 Å². The molecule has 9 nitrogen and oxygen atoms in total. The minimum atomic E-state index is -1.37. The van der Waals surface area contributed by atoms with Gasteiger partial charge in [-0.25, -0.2) is 0 Å². The summed E-state index contributed by atoms with van der Waals surface area (Å²) in [5.74, 6) is 0. The van der Waals surface area contributed by atoms with Crippen LogP contribution in [-0.4, -0.2) is 96.1 Å². The van der Waals surface area contributed by atoms with Crippen LogP contribution in [0.2, 0.25) is 0 Å². The van der Waals surface area contributed by atoms with E-state index >= 15 is 0 Å². The lowest BCUT2D eigenvalue weighted by molar-refractivity contribution is -0.351. The van der Waals surface area contributed by atoms with Crippen LogP contribution in [0, 0.1) is 0 Å².